The van der Waals surface area contributed by atoms with Crippen molar-refractivity contribution in [3.05, 3.63) is 100 Å². The molecule has 1 aliphatic rings. The first-order chi connectivity index (χ1) is 15.6. The van der Waals surface area contributed by atoms with Crippen molar-refractivity contribution in [3.63, 3.8) is 0 Å². The molecule has 6 heteroatoms. The van der Waals surface area contributed by atoms with Crippen molar-refractivity contribution >= 4 is 28.9 Å². The van der Waals surface area contributed by atoms with Crippen LogP contribution in [0.1, 0.15) is 23.6 Å². The van der Waals surface area contributed by atoms with E-state index in [4.69, 9.17) is 9.73 Å². The number of carbonyl (C=O) groups excluding carboxylic acids is 1. The number of rotatable bonds is 7. The summed E-state index contributed by atoms with van der Waals surface area (Å²) in [6, 6.07) is 25.0. The lowest BCUT2D eigenvalue weighted by molar-refractivity contribution is -0.122. The molecule has 32 heavy (non-hydrogen) atoms. The van der Waals surface area contributed by atoms with Gasteiger partial charge in [-0.25, -0.2) is 0 Å². The number of hydrogen-bond donors (Lipinski definition) is 1. The molecule has 0 atom stereocenters. The summed E-state index contributed by atoms with van der Waals surface area (Å²) >= 11 is 1.37. The molecule has 0 aliphatic carbocycles. The molecule has 4 rings (SSSR count). The molecule has 3 aromatic carbocycles. The predicted octanol–water partition coefficient (Wildman–Crippen LogP) is 5.46. The van der Waals surface area contributed by atoms with Crippen LogP contribution in [0.5, 0.6) is 11.5 Å². The van der Waals surface area contributed by atoms with E-state index in [1.54, 1.807) is 23.1 Å². The van der Waals surface area contributed by atoms with Crippen LogP contribution in [0.4, 0.5) is 0 Å². The average molecular weight is 445 g/mol. The molecule has 1 aliphatic heterocycles. The lowest BCUT2D eigenvalue weighted by atomic mass is 10.1. The fourth-order valence-electron chi connectivity index (χ4n) is 3.32. The lowest BCUT2D eigenvalue weighted by Crippen LogP contribution is -2.28. The second kappa shape index (κ2) is 10.2. The van der Waals surface area contributed by atoms with Gasteiger partial charge in [-0.2, -0.15) is 0 Å². The van der Waals surface area contributed by atoms with Crippen LogP contribution in [0, 0.1) is 0 Å². The summed E-state index contributed by atoms with van der Waals surface area (Å²) in [4.78, 5) is 20.3. The number of benzene rings is 3. The van der Waals surface area contributed by atoms with Crippen LogP contribution in [0.2, 0.25) is 0 Å². The monoisotopic (exact) mass is 444 g/mol. The third-order valence-electron chi connectivity index (χ3n) is 4.89. The van der Waals surface area contributed by atoms with Gasteiger partial charge in [-0.1, -0.05) is 66.7 Å². The SMILES string of the molecule is CCOc1cc(C=C2SC(=NCc3ccccc3)N(Cc3ccccc3)C2=O)ccc1O. The van der Waals surface area contributed by atoms with Gasteiger partial charge in [0.15, 0.2) is 16.7 Å². The first-order valence-electron chi connectivity index (χ1n) is 10.4. The zero-order valence-corrected chi connectivity index (χ0v) is 18.6. The molecule has 0 bridgehead atoms. The van der Waals surface area contributed by atoms with Crippen LogP contribution < -0.4 is 4.74 Å². The Morgan fingerprint density at radius 3 is 2.38 bits per heavy atom. The highest BCUT2D eigenvalue weighted by Crippen LogP contribution is 2.35. The normalized spacial score (nSPS) is 16.2. The number of carbonyl (C=O) groups is 1. The molecular weight excluding hydrogens is 420 g/mol. The Morgan fingerprint density at radius 1 is 1.00 bits per heavy atom. The predicted molar refractivity (Wildman–Crippen MR) is 129 cm³/mol. The van der Waals surface area contributed by atoms with Crippen molar-refractivity contribution in [2.75, 3.05) is 6.61 Å². The van der Waals surface area contributed by atoms with E-state index < -0.39 is 0 Å². The van der Waals surface area contributed by atoms with Crippen LogP contribution in [0.15, 0.2) is 88.8 Å². The fraction of sp³-hybridized carbons (Fsp3) is 0.154. The van der Waals surface area contributed by atoms with Crippen LogP contribution >= 0.6 is 11.8 Å². The van der Waals surface area contributed by atoms with E-state index in [-0.39, 0.29) is 11.7 Å². The van der Waals surface area contributed by atoms with E-state index in [2.05, 4.69) is 0 Å². The molecule has 162 valence electrons. The van der Waals surface area contributed by atoms with Gasteiger partial charge in [0.25, 0.3) is 5.91 Å². The molecule has 3 aromatic rings. The summed E-state index contributed by atoms with van der Waals surface area (Å²) in [5, 5.41) is 10.6. The van der Waals surface area contributed by atoms with Crippen molar-refractivity contribution < 1.29 is 14.6 Å². The third-order valence-corrected chi connectivity index (χ3v) is 5.94. The molecule has 1 amide bonds. The lowest BCUT2D eigenvalue weighted by Gasteiger charge is -2.15. The molecule has 1 heterocycles. The number of nitrogens with zero attached hydrogens (tertiary/aromatic N) is 2. The molecule has 1 saturated heterocycles. The summed E-state index contributed by atoms with van der Waals surface area (Å²) < 4.78 is 5.47. The number of aromatic hydroxyl groups is 1. The topological polar surface area (TPSA) is 62.1 Å². The van der Waals surface area contributed by atoms with E-state index in [1.165, 1.54) is 11.8 Å². The summed E-state index contributed by atoms with van der Waals surface area (Å²) in [7, 11) is 0. The van der Waals surface area contributed by atoms with Crippen molar-refractivity contribution in [1.29, 1.82) is 0 Å². The van der Waals surface area contributed by atoms with E-state index >= 15 is 0 Å². The van der Waals surface area contributed by atoms with Gasteiger partial charge in [-0.05, 0) is 53.6 Å². The van der Waals surface area contributed by atoms with Crippen LogP contribution in [0.3, 0.4) is 0 Å². The Labute approximate surface area is 192 Å². The number of amides is 1. The minimum absolute atomic E-state index is 0.0789. The molecular formula is C26H24N2O3S. The zero-order valence-electron chi connectivity index (χ0n) is 17.8. The molecule has 5 nitrogen and oxygen atoms in total. The van der Waals surface area contributed by atoms with Gasteiger partial charge in [0.2, 0.25) is 0 Å². The molecule has 0 unspecified atom stereocenters. The minimum Gasteiger partial charge on any atom is -0.504 e. The van der Waals surface area contributed by atoms with Gasteiger partial charge in [-0.15, -0.1) is 0 Å². The Hall–Kier alpha value is -3.51. The van der Waals surface area contributed by atoms with Crippen LogP contribution in [-0.2, 0) is 17.9 Å². The number of hydrogen-bond acceptors (Lipinski definition) is 5. The molecule has 0 aromatic heterocycles. The molecule has 0 radical (unpaired) electrons. The highest BCUT2D eigenvalue weighted by Gasteiger charge is 2.33. The van der Waals surface area contributed by atoms with Gasteiger partial charge >= 0.3 is 0 Å². The summed E-state index contributed by atoms with van der Waals surface area (Å²) in [5.74, 6) is 0.392. The maximum Gasteiger partial charge on any atom is 0.267 e. The van der Waals surface area contributed by atoms with E-state index in [0.717, 1.165) is 16.7 Å². The smallest absolute Gasteiger partial charge is 0.267 e. The maximum atomic E-state index is 13.3. The highest BCUT2D eigenvalue weighted by atomic mass is 32.2. The Morgan fingerprint density at radius 2 is 1.69 bits per heavy atom. The fourth-order valence-corrected chi connectivity index (χ4v) is 4.29. The van der Waals surface area contributed by atoms with Crippen LogP contribution in [-0.4, -0.2) is 27.7 Å². The number of aliphatic imine (C=N–C) groups is 1. The van der Waals surface area contributed by atoms with Gasteiger partial charge in [0, 0.05) is 0 Å². The molecule has 0 saturated carbocycles. The van der Waals surface area contributed by atoms with E-state index in [0.29, 0.717) is 35.5 Å². The van der Waals surface area contributed by atoms with Crippen molar-refractivity contribution in [1.82, 2.24) is 4.90 Å². The van der Waals surface area contributed by atoms with Crippen molar-refractivity contribution in [2.45, 2.75) is 20.0 Å². The molecule has 1 N–H and O–H groups in total. The second-order valence-corrected chi connectivity index (χ2v) is 8.24. The first kappa shape index (κ1) is 21.7. The Kier molecular flexibility index (Phi) is 6.92. The number of phenols is 1. The maximum absolute atomic E-state index is 13.3. The Bertz CT molecular complexity index is 1140. The quantitative estimate of drug-likeness (QED) is 0.491. The van der Waals surface area contributed by atoms with Gasteiger partial charge in [0.1, 0.15) is 0 Å². The number of amidine groups is 1. The second-order valence-electron chi connectivity index (χ2n) is 7.23. The summed E-state index contributed by atoms with van der Waals surface area (Å²) in [6.45, 7) is 3.26. The number of phenolic OH excluding ortho intramolecular Hbond substituents is 1. The molecule has 1 fully saturated rings. The summed E-state index contributed by atoms with van der Waals surface area (Å²) in [5.41, 5.74) is 2.91. The zero-order chi connectivity index (χ0) is 22.3. The number of ether oxygens (including phenoxy) is 1. The highest BCUT2D eigenvalue weighted by molar-refractivity contribution is 8.18. The standard InChI is InChI=1S/C26H24N2O3S/c1-2-31-23-15-21(13-14-22(23)29)16-24-25(30)28(18-20-11-7-4-8-12-20)26(32-24)27-17-19-9-5-3-6-10-19/h3-16,29H,2,17-18H2,1H3. The van der Waals surface area contributed by atoms with Crippen molar-refractivity contribution in [3.8, 4) is 11.5 Å². The van der Waals surface area contributed by atoms with E-state index in [9.17, 15) is 9.90 Å². The first-order valence-corrected chi connectivity index (χ1v) is 11.2. The Balaban J connectivity index is 1.63. The average Bonchev–Trinajstić information content (AvgIpc) is 3.10. The largest absolute Gasteiger partial charge is 0.504 e. The summed E-state index contributed by atoms with van der Waals surface area (Å²) in [6.07, 6.45) is 1.82. The van der Waals surface area contributed by atoms with Gasteiger partial charge in [0.05, 0.1) is 24.6 Å². The number of thioether (sulfide) groups is 1. The minimum atomic E-state index is -0.0864. The third kappa shape index (κ3) is 5.21. The van der Waals surface area contributed by atoms with Crippen LogP contribution in [0.25, 0.3) is 6.08 Å². The molecule has 0 spiro atoms. The van der Waals surface area contributed by atoms with Gasteiger partial charge in [-0.3, -0.25) is 14.7 Å². The van der Waals surface area contributed by atoms with E-state index in [1.807, 2.05) is 73.7 Å². The van der Waals surface area contributed by atoms with Crippen molar-refractivity contribution in [2.24, 2.45) is 4.99 Å². The van der Waals surface area contributed by atoms with Gasteiger partial charge < -0.3 is 9.84 Å².